The summed E-state index contributed by atoms with van der Waals surface area (Å²) in [7, 11) is 0. The van der Waals surface area contributed by atoms with E-state index in [1.807, 2.05) is 0 Å². The molecular formula is C20H19F3N4O4S. The van der Waals surface area contributed by atoms with Crippen LogP contribution in [0.1, 0.15) is 37.0 Å². The number of alkyl halides is 3. The van der Waals surface area contributed by atoms with Crippen LogP contribution in [-0.4, -0.2) is 56.3 Å². The summed E-state index contributed by atoms with van der Waals surface area (Å²) in [5, 5.41) is 21.7. The van der Waals surface area contributed by atoms with Crippen LogP contribution in [0, 0.1) is 0 Å². The topological polar surface area (TPSA) is 103 Å². The molecule has 2 aromatic heterocycles. The van der Waals surface area contributed by atoms with Crippen molar-refractivity contribution in [2.24, 2.45) is 0 Å². The van der Waals surface area contributed by atoms with Crippen molar-refractivity contribution in [3.63, 3.8) is 0 Å². The Labute approximate surface area is 183 Å². The smallest absolute Gasteiger partial charge is 0.418 e. The SMILES string of the molecule is CC(O)c1cc(-c2nccs2)c2oc(N3CC4CCC(C3)N4C(=O)O)nc2c1C(F)(F)F. The fourth-order valence-electron chi connectivity index (χ4n) is 4.74. The molecule has 8 nitrogen and oxygen atoms in total. The second-order valence-corrected chi connectivity index (χ2v) is 8.95. The molecule has 5 rings (SSSR count). The van der Waals surface area contributed by atoms with Crippen molar-refractivity contribution in [2.75, 3.05) is 18.0 Å². The minimum atomic E-state index is -4.76. The van der Waals surface area contributed by atoms with Crippen LogP contribution in [0.2, 0.25) is 0 Å². The lowest BCUT2D eigenvalue weighted by atomic mass is 9.98. The van der Waals surface area contributed by atoms with Crippen LogP contribution < -0.4 is 4.90 Å². The van der Waals surface area contributed by atoms with E-state index in [1.165, 1.54) is 35.4 Å². The quantitative estimate of drug-likeness (QED) is 0.589. The van der Waals surface area contributed by atoms with Crippen LogP contribution in [0.15, 0.2) is 22.1 Å². The predicted octanol–water partition coefficient (Wildman–Crippen LogP) is 4.35. The van der Waals surface area contributed by atoms with Crippen molar-refractivity contribution >= 4 is 34.5 Å². The summed E-state index contributed by atoms with van der Waals surface area (Å²) in [5.74, 6) is 0. The van der Waals surface area contributed by atoms with Crippen molar-refractivity contribution in [1.82, 2.24) is 14.9 Å². The third kappa shape index (κ3) is 3.28. The van der Waals surface area contributed by atoms with E-state index in [0.29, 0.717) is 23.4 Å². The Hall–Kier alpha value is -2.86. The Morgan fingerprint density at radius 2 is 2.00 bits per heavy atom. The first-order chi connectivity index (χ1) is 15.1. The zero-order valence-electron chi connectivity index (χ0n) is 16.8. The Balaban J connectivity index is 1.67. The van der Waals surface area contributed by atoms with Gasteiger partial charge < -0.3 is 19.5 Å². The average molecular weight is 468 g/mol. The summed E-state index contributed by atoms with van der Waals surface area (Å²) in [4.78, 5) is 23.1. The lowest BCUT2D eigenvalue weighted by Gasteiger charge is -2.38. The van der Waals surface area contributed by atoms with Crippen molar-refractivity contribution in [3.05, 3.63) is 28.8 Å². The molecule has 170 valence electrons. The number of aliphatic hydroxyl groups is 1. The summed E-state index contributed by atoms with van der Waals surface area (Å²) in [6.07, 6.45) is -4.25. The molecule has 0 radical (unpaired) electrons. The second-order valence-electron chi connectivity index (χ2n) is 8.05. The van der Waals surface area contributed by atoms with E-state index in [-0.39, 0.29) is 47.9 Å². The summed E-state index contributed by atoms with van der Waals surface area (Å²) in [5.41, 5.74) is -1.45. The molecule has 12 heteroatoms. The van der Waals surface area contributed by atoms with Gasteiger partial charge in [0.2, 0.25) is 0 Å². The number of rotatable bonds is 3. The molecule has 1 amide bonds. The predicted molar refractivity (Wildman–Crippen MR) is 110 cm³/mol. The Morgan fingerprint density at radius 3 is 2.53 bits per heavy atom. The molecule has 2 bridgehead atoms. The van der Waals surface area contributed by atoms with Gasteiger partial charge in [0.05, 0.1) is 29.3 Å². The van der Waals surface area contributed by atoms with Gasteiger partial charge in [0.15, 0.2) is 5.58 Å². The maximum absolute atomic E-state index is 14.0. The van der Waals surface area contributed by atoms with Crippen molar-refractivity contribution in [2.45, 2.75) is 44.1 Å². The number of anilines is 1. The largest absolute Gasteiger partial charge is 0.465 e. The van der Waals surface area contributed by atoms with E-state index >= 15 is 0 Å². The minimum absolute atomic E-state index is 0.00740. The van der Waals surface area contributed by atoms with E-state index in [1.54, 1.807) is 10.3 Å². The molecule has 3 aromatic rings. The lowest BCUT2D eigenvalue weighted by Crippen LogP contribution is -2.55. The molecule has 32 heavy (non-hydrogen) atoms. The van der Waals surface area contributed by atoms with Gasteiger partial charge in [0, 0.05) is 24.7 Å². The van der Waals surface area contributed by atoms with Crippen LogP contribution >= 0.6 is 11.3 Å². The monoisotopic (exact) mass is 468 g/mol. The highest BCUT2D eigenvalue weighted by molar-refractivity contribution is 7.13. The standard InChI is InChI=1S/C20H19F3N4O4S/c1-9(28)12-6-13(17-24-4-5-32-17)16-15(14(12)20(21,22)23)25-18(31-16)26-7-10-2-3-11(8-26)27(10)19(29)30/h4-6,9-11,28H,2-3,7-8H2,1H3,(H,29,30). The number of aromatic nitrogens is 2. The number of oxazole rings is 1. The Kier molecular flexibility index (Phi) is 4.82. The first kappa shape index (κ1) is 21.0. The molecule has 2 fully saturated rings. The zero-order chi connectivity index (χ0) is 22.8. The van der Waals surface area contributed by atoms with Gasteiger partial charge in [0.25, 0.3) is 6.01 Å². The van der Waals surface area contributed by atoms with E-state index in [4.69, 9.17) is 4.42 Å². The first-order valence-corrected chi connectivity index (χ1v) is 10.9. The fourth-order valence-corrected chi connectivity index (χ4v) is 5.39. The summed E-state index contributed by atoms with van der Waals surface area (Å²) in [6, 6.07) is 0.730. The van der Waals surface area contributed by atoms with Crippen LogP contribution in [0.3, 0.4) is 0 Å². The molecule has 1 aromatic carbocycles. The number of amides is 1. The normalized spacial score (nSPS) is 22.0. The van der Waals surface area contributed by atoms with Crippen LogP contribution in [0.5, 0.6) is 0 Å². The third-order valence-corrected chi connectivity index (χ3v) is 6.86. The van der Waals surface area contributed by atoms with Crippen molar-refractivity contribution in [3.8, 4) is 10.6 Å². The maximum Gasteiger partial charge on any atom is 0.418 e. The molecule has 4 heterocycles. The van der Waals surface area contributed by atoms with Gasteiger partial charge in [-0.15, -0.1) is 11.3 Å². The fraction of sp³-hybridized carbons (Fsp3) is 0.450. The van der Waals surface area contributed by atoms with Gasteiger partial charge in [-0.25, -0.2) is 9.78 Å². The molecule has 2 saturated heterocycles. The average Bonchev–Trinajstić information content (AvgIpc) is 3.43. The highest BCUT2D eigenvalue weighted by atomic mass is 32.1. The summed E-state index contributed by atoms with van der Waals surface area (Å²) in [6.45, 7) is 1.84. The number of halogens is 3. The van der Waals surface area contributed by atoms with Crippen LogP contribution in [0.25, 0.3) is 21.7 Å². The molecule has 0 spiro atoms. The molecular weight excluding hydrogens is 449 g/mol. The number of thiazole rings is 1. The Morgan fingerprint density at radius 1 is 1.31 bits per heavy atom. The number of hydrogen-bond donors (Lipinski definition) is 2. The highest BCUT2D eigenvalue weighted by Gasteiger charge is 2.45. The number of benzene rings is 1. The van der Waals surface area contributed by atoms with E-state index in [2.05, 4.69) is 9.97 Å². The third-order valence-electron chi connectivity index (χ3n) is 6.06. The molecule has 2 N–H and O–H groups in total. The number of fused-ring (bicyclic) bond motifs is 3. The zero-order valence-corrected chi connectivity index (χ0v) is 17.7. The van der Waals surface area contributed by atoms with Gasteiger partial charge in [-0.1, -0.05) is 0 Å². The molecule has 2 aliphatic heterocycles. The Bertz CT molecular complexity index is 1160. The first-order valence-electron chi connectivity index (χ1n) is 10.0. The van der Waals surface area contributed by atoms with Gasteiger partial charge in [-0.05, 0) is 31.4 Å². The summed E-state index contributed by atoms with van der Waals surface area (Å²) >= 11 is 1.24. The number of hydrogen-bond acceptors (Lipinski definition) is 7. The minimum Gasteiger partial charge on any atom is -0.465 e. The van der Waals surface area contributed by atoms with E-state index < -0.39 is 23.9 Å². The molecule has 0 aliphatic carbocycles. The van der Waals surface area contributed by atoms with Gasteiger partial charge in [0.1, 0.15) is 10.5 Å². The second kappa shape index (κ2) is 7.34. The van der Waals surface area contributed by atoms with Crippen molar-refractivity contribution < 1.29 is 32.6 Å². The van der Waals surface area contributed by atoms with Crippen LogP contribution in [-0.2, 0) is 6.18 Å². The van der Waals surface area contributed by atoms with Gasteiger partial charge in [-0.2, -0.15) is 18.2 Å². The van der Waals surface area contributed by atoms with Crippen molar-refractivity contribution in [1.29, 1.82) is 0 Å². The van der Waals surface area contributed by atoms with E-state index in [0.717, 1.165) is 0 Å². The highest BCUT2D eigenvalue weighted by Crippen LogP contribution is 2.45. The number of nitrogens with zero attached hydrogens (tertiary/aromatic N) is 4. The van der Waals surface area contributed by atoms with E-state index in [9.17, 15) is 28.2 Å². The maximum atomic E-state index is 14.0. The van der Waals surface area contributed by atoms with Crippen LogP contribution in [0.4, 0.5) is 24.0 Å². The molecule has 0 saturated carbocycles. The molecule has 3 atom stereocenters. The number of aliphatic hydroxyl groups excluding tert-OH is 1. The number of piperazine rings is 1. The molecule has 2 aliphatic rings. The molecule has 3 unspecified atom stereocenters. The van der Waals surface area contributed by atoms with Gasteiger partial charge >= 0.3 is 12.3 Å². The number of carbonyl (C=O) groups is 1. The summed E-state index contributed by atoms with van der Waals surface area (Å²) < 4.78 is 48.0. The number of carboxylic acid groups (broad SMARTS) is 1. The van der Waals surface area contributed by atoms with Gasteiger partial charge in [-0.3, -0.25) is 4.90 Å². The lowest BCUT2D eigenvalue weighted by molar-refractivity contribution is -0.137.